The largest absolute Gasteiger partial charge is 0.198 e. The highest BCUT2D eigenvalue weighted by molar-refractivity contribution is 8.02. The van der Waals surface area contributed by atoms with Crippen molar-refractivity contribution >= 4 is 55.8 Å². The van der Waals surface area contributed by atoms with Gasteiger partial charge in [0.05, 0.1) is 12.1 Å². The number of nitrogens with zero attached hydrogens (tertiary/aromatic N) is 2. The average molecular weight is 399 g/mol. The van der Waals surface area contributed by atoms with Gasteiger partial charge in [0.1, 0.15) is 0 Å². The Morgan fingerprint density at radius 1 is 0.643 bits per heavy atom. The van der Waals surface area contributed by atoms with Crippen molar-refractivity contribution in [1.29, 1.82) is 10.5 Å². The van der Waals surface area contributed by atoms with E-state index >= 15 is 0 Å². The van der Waals surface area contributed by atoms with E-state index in [0.717, 1.165) is 11.5 Å². The molecule has 4 aromatic carbocycles. The predicted octanol–water partition coefficient (Wildman–Crippen LogP) is 7.16. The second kappa shape index (κ2) is 8.57. The van der Waals surface area contributed by atoms with Gasteiger partial charge in [-0.05, 0) is 44.5 Å². The van der Waals surface area contributed by atoms with Crippen molar-refractivity contribution in [2.75, 3.05) is 11.5 Å². The number of fused-ring (bicyclic) bond motifs is 5. The summed E-state index contributed by atoms with van der Waals surface area (Å²) in [4.78, 5) is 2.40. The zero-order valence-corrected chi connectivity index (χ0v) is 16.9. The van der Waals surface area contributed by atoms with Crippen LogP contribution < -0.4 is 0 Å². The zero-order valence-electron chi connectivity index (χ0n) is 15.3. The molecule has 4 heteroatoms. The first-order valence-electron chi connectivity index (χ1n) is 9.19. The van der Waals surface area contributed by atoms with Crippen LogP contribution in [0, 0.1) is 22.7 Å². The second-order valence-electron chi connectivity index (χ2n) is 6.48. The van der Waals surface area contributed by atoms with E-state index in [9.17, 15) is 0 Å². The van der Waals surface area contributed by atoms with Gasteiger partial charge >= 0.3 is 0 Å². The van der Waals surface area contributed by atoms with Crippen molar-refractivity contribution in [3.05, 3.63) is 60.7 Å². The fourth-order valence-electron chi connectivity index (χ4n) is 3.48. The Balaban J connectivity index is 1.93. The van der Waals surface area contributed by atoms with Crippen molar-refractivity contribution in [2.24, 2.45) is 0 Å². The summed E-state index contributed by atoms with van der Waals surface area (Å²) in [5, 5.41) is 25.3. The van der Waals surface area contributed by atoms with Gasteiger partial charge in [0.25, 0.3) is 0 Å². The summed E-state index contributed by atoms with van der Waals surface area (Å²) in [6.45, 7) is 0. The molecule has 4 rings (SSSR count). The molecule has 0 amide bonds. The van der Waals surface area contributed by atoms with Crippen LogP contribution in [0.4, 0.5) is 0 Å². The Morgan fingerprint density at radius 2 is 1.25 bits per heavy atom. The third-order valence-corrected chi connectivity index (χ3v) is 6.98. The fraction of sp³-hybridized carbons (Fsp3) is 0.167. The zero-order chi connectivity index (χ0) is 19.3. The Morgan fingerprint density at radius 3 is 1.96 bits per heavy atom. The summed E-state index contributed by atoms with van der Waals surface area (Å²) in [6, 6.07) is 26.2. The van der Waals surface area contributed by atoms with E-state index in [2.05, 4.69) is 72.8 Å². The van der Waals surface area contributed by atoms with E-state index in [4.69, 9.17) is 10.5 Å². The molecule has 0 aliphatic heterocycles. The van der Waals surface area contributed by atoms with Gasteiger partial charge in [0, 0.05) is 34.1 Å². The maximum atomic E-state index is 8.91. The topological polar surface area (TPSA) is 47.6 Å². The van der Waals surface area contributed by atoms with E-state index in [0.29, 0.717) is 12.8 Å². The molecule has 0 saturated heterocycles. The first-order chi connectivity index (χ1) is 13.8. The molecule has 4 aromatic rings. The molecule has 0 atom stereocenters. The first kappa shape index (κ1) is 18.7. The standard InChI is InChI=1S/C24H18N2S2/c25-11-3-13-27-22-15-19-10-9-18-8-7-17-5-1-2-6-20(17)24(18)21(19)16-23(22)28-14-4-12-26/h1-2,5-10,15-16H,3-4,13-14H2. The third kappa shape index (κ3) is 3.67. The van der Waals surface area contributed by atoms with E-state index in [1.165, 1.54) is 42.1 Å². The van der Waals surface area contributed by atoms with Gasteiger partial charge in [-0.25, -0.2) is 0 Å². The molecule has 0 aliphatic carbocycles. The summed E-state index contributed by atoms with van der Waals surface area (Å²) in [6.07, 6.45) is 1.07. The Labute approximate surface area is 173 Å². The van der Waals surface area contributed by atoms with Crippen LogP contribution in [0.2, 0.25) is 0 Å². The molecule has 0 fully saturated rings. The fourth-order valence-corrected chi connectivity index (χ4v) is 5.47. The lowest BCUT2D eigenvalue weighted by Gasteiger charge is -2.13. The van der Waals surface area contributed by atoms with E-state index in [1.807, 2.05) is 0 Å². The van der Waals surface area contributed by atoms with Crippen LogP contribution in [0.5, 0.6) is 0 Å². The molecule has 2 nitrogen and oxygen atoms in total. The number of rotatable bonds is 6. The summed E-state index contributed by atoms with van der Waals surface area (Å²) in [5.41, 5.74) is 0. The lowest BCUT2D eigenvalue weighted by molar-refractivity contribution is 1.20. The molecular formula is C24H18N2S2. The van der Waals surface area contributed by atoms with Gasteiger partial charge in [-0.15, -0.1) is 23.5 Å². The minimum absolute atomic E-state index is 0.531. The molecule has 0 unspecified atom stereocenters. The minimum Gasteiger partial charge on any atom is -0.198 e. The van der Waals surface area contributed by atoms with Crippen LogP contribution in [0.1, 0.15) is 12.8 Å². The SMILES string of the molecule is N#CCCSc1cc2ccc3ccc4ccccc4c3c2cc1SCCC#N. The third-order valence-electron chi connectivity index (χ3n) is 4.73. The van der Waals surface area contributed by atoms with E-state index in [1.54, 1.807) is 23.5 Å². The summed E-state index contributed by atoms with van der Waals surface area (Å²) >= 11 is 3.46. The molecule has 0 bridgehead atoms. The van der Waals surface area contributed by atoms with E-state index in [-0.39, 0.29) is 0 Å². The number of thioether (sulfide) groups is 2. The average Bonchev–Trinajstić information content (AvgIpc) is 2.73. The highest BCUT2D eigenvalue weighted by atomic mass is 32.2. The molecule has 0 radical (unpaired) electrons. The quantitative estimate of drug-likeness (QED) is 0.196. The molecule has 0 aromatic heterocycles. The van der Waals surface area contributed by atoms with Crippen molar-refractivity contribution in [3.63, 3.8) is 0 Å². The monoisotopic (exact) mass is 398 g/mol. The highest BCUT2D eigenvalue weighted by Gasteiger charge is 2.11. The minimum atomic E-state index is 0.531. The normalized spacial score (nSPS) is 10.9. The maximum Gasteiger partial charge on any atom is 0.0630 e. The van der Waals surface area contributed by atoms with Crippen molar-refractivity contribution < 1.29 is 0 Å². The number of benzene rings is 4. The second-order valence-corrected chi connectivity index (χ2v) is 8.76. The van der Waals surface area contributed by atoms with Crippen molar-refractivity contribution in [1.82, 2.24) is 0 Å². The van der Waals surface area contributed by atoms with Crippen LogP contribution >= 0.6 is 23.5 Å². The number of hydrogen-bond donors (Lipinski definition) is 0. The Bertz CT molecular complexity index is 1250. The lowest BCUT2D eigenvalue weighted by atomic mass is 9.96. The Kier molecular flexibility index (Phi) is 5.72. The summed E-state index contributed by atoms with van der Waals surface area (Å²) in [7, 11) is 0. The Hall–Kier alpha value is -2.66. The molecule has 0 saturated carbocycles. The van der Waals surface area contributed by atoms with Crippen molar-refractivity contribution in [2.45, 2.75) is 22.6 Å². The summed E-state index contributed by atoms with van der Waals surface area (Å²) < 4.78 is 0. The molecule has 28 heavy (non-hydrogen) atoms. The van der Waals surface area contributed by atoms with Gasteiger partial charge in [0.15, 0.2) is 0 Å². The van der Waals surface area contributed by atoms with Gasteiger partial charge in [-0.3, -0.25) is 0 Å². The van der Waals surface area contributed by atoms with Crippen LogP contribution in [0.3, 0.4) is 0 Å². The van der Waals surface area contributed by atoms with Crippen LogP contribution in [-0.2, 0) is 0 Å². The predicted molar refractivity (Wildman–Crippen MR) is 121 cm³/mol. The van der Waals surface area contributed by atoms with Gasteiger partial charge in [-0.2, -0.15) is 10.5 Å². The lowest BCUT2D eigenvalue weighted by Crippen LogP contribution is -1.88. The number of nitriles is 2. The van der Waals surface area contributed by atoms with Crippen LogP contribution in [0.15, 0.2) is 70.5 Å². The molecule has 0 spiro atoms. The molecular weight excluding hydrogens is 380 g/mol. The van der Waals surface area contributed by atoms with Gasteiger partial charge in [0.2, 0.25) is 0 Å². The molecule has 0 heterocycles. The summed E-state index contributed by atoms with van der Waals surface area (Å²) in [5.74, 6) is 1.56. The van der Waals surface area contributed by atoms with Crippen molar-refractivity contribution in [3.8, 4) is 12.1 Å². The molecule has 136 valence electrons. The van der Waals surface area contributed by atoms with Crippen LogP contribution in [0.25, 0.3) is 32.3 Å². The van der Waals surface area contributed by atoms with Gasteiger partial charge in [-0.1, -0.05) is 48.5 Å². The van der Waals surface area contributed by atoms with Crippen LogP contribution in [-0.4, -0.2) is 11.5 Å². The van der Waals surface area contributed by atoms with E-state index < -0.39 is 0 Å². The number of hydrogen-bond acceptors (Lipinski definition) is 4. The maximum absolute atomic E-state index is 8.91. The first-order valence-corrected chi connectivity index (χ1v) is 11.2. The molecule has 0 aliphatic rings. The highest BCUT2D eigenvalue weighted by Crippen LogP contribution is 2.39. The van der Waals surface area contributed by atoms with Gasteiger partial charge < -0.3 is 0 Å². The smallest absolute Gasteiger partial charge is 0.0630 e. The molecule has 0 N–H and O–H groups in total.